The second-order valence-corrected chi connectivity index (χ2v) is 3.94. The van der Waals surface area contributed by atoms with Gasteiger partial charge >= 0.3 is 0 Å². The van der Waals surface area contributed by atoms with E-state index in [9.17, 15) is 0 Å². The number of aromatic nitrogens is 2. The van der Waals surface area contributed by atoms with Gasteiger partial charge in [-0.2, -0.15) is 0 Å². The predicted molar refractivity (Wildman–Crippen MR) is 62.9 cm³/mol. The fraction of sp³-hybridized carbons (Fsp3) is 0.231. The molecule has 3 nitrogen and oxygen atoms in total. The minimum atomic E-state index is 0.871. The number of fused-ring (bicyclic) bond motifs is 1. The number of hydrogen-bond acceptors (Lipinski definition) is 3. The van der Waals surface area contributed by atoms with E-state index in [1.165, 1.54) is 5.56 Å². The van der Waals surface area contributed by atoms with Crippen LogP contribution < -0.4 is 5.32 Å². The first-order valence-electron chi connectivity index (χ1n) is 5.54. The Bertz CT molecular complexity index is 494. The van der Waals surface area contributed by atoms with E-state index < -0.39 is 0 Å². The fourth-order valence-electron chi connectivity index (χ4n) is 2.00. The molecule has 0 unspecified atom stereocenters. The van der Waals surface area contributed by atoms with Crippen LogP contribution in [-0.4, -0.2) is 16.5 Å². The second kappa shape index (κ2) is 4.02. The van der Waals surface area contributed by atoms with Crippen molar-refractivity contribution in [2.75, 3.05) is 6.54 Å². The van der Waals surface area contributed by atoms with Gasteiger partial charge in [-0.1, -0.05) is 12.1 Å². The molecule has 1 N–H and O–H groups in total. The van der Waals surface area contributed by atoms with Crippen LogP contribution in [0.1, 0.15) is 11.3 Å². The summed E-state index contributed by atoms with van der Waals surface area (Å²) in [5.41, 5.74) is 4.42. The summed E-state index contributed by atoms with van der Waals surface area (Å²) < 4.78 is 0. The van der Waals surface area contributed by atoms with Crippen LogP contribution in [0, 0.1) is 0 Å². The van der Waals surface area contributed by atoms with Crippen LogP contribution >= 0.6 is 0 Å². The molecule has 2 aromatic rings. The van der Waals surface area contributed by atoms with E-state index in [1.54, 1.807) is 6.20 Å². The van der Waals surface area contributed by atoms with Gasteiger partial charge in [-0.3, -0.25) is 4.98 Å². The third kappa shape index (κ3) is 1.70. The molecule has 0 spiro atoms. The highest BCUT2D eigenvalue weighted by Crippen LogP contribution is 2.18. The van der Waals surface area contributed by atoms with Crippen molar-refractivity contribution in [3.05, 3.63) is 47.8 Å². The van der Waals surface area contributed by atoms with E-state index in [1.807, 2.05) is 18.2 Å². The standard InChI is InChI=1S/C13H13N3/c1-2-7-15-11(3-1)12-5-4-10-6-8-14-9-13(10)16-12/h1-5,7,14H,6,8-9H2. The molecular formula is C13H13N3. The number of nitrogens with one attached hydrogen (secondary N) is 1. The van der Waals surface area contributed by atoms with Crippen molar-refractivity contribution in [1.82, 2.24) is 15.3 Å². The number of rotatable bonds is 1. The Labute approximate surface area is 94.6 Å². The summed E-state index contributed by atoms with van der Waals surface area (Å²) in [6, 6.07) is 10.1. The zero-order valence-electron chi connectivity index (χ0n) is 8.98. The van der Waals surface area contributed by atoms with Gasteiger partial charge in [-0.15, -0.1) is 0 Å². The molecule has 1 aliphatic rings. The first-order chi connectivity index (χ1) is 7.93. The Morgan fingerprint density at radius 2 is 2.06 bits per heavy atom. The largest absolute Gasteiger partial charge is 0.311 e. The highest BCUT2D eigenvalue weighted by molar-refractivity contribution is 5.54. The Balaban J connectivity index is 2.03. The average molecular weight is 211 g/mol. The number of pyridine rings is 2. The SMILES string of the molecule is c1ccc(-c2ccc3c(n2)CNCC3)nc1. The Kier molecular flexibility index (Phi) is 2.38. The molecule has 0 fully saturated rings. The molecule has 0 bridgehead atoms. The van der Waals surface area contributed by atoms with E-state index in [0.717, 1.165) is 36.6 Å². The van der Waals surface area contributed by atoms with Crippen LogP contribution in [0.25, 0.3) is 11.4 Å². The maximum Gasteiger partial charge on any atom is 0.0890 e. The van der Waals surface area contributed by atoms with Crippen LogP contribution in [-0.2, 0) is 13.0 Å². The van der Waals surface area contributed by atoms with Gasteiger partial charge in [0.25, 0.3) is 0 Å². The summed E-state index contributed by atoms with van der Waals surface area (Å²) >= 11 is 0. The lowest BCUT2D eigenvalue weighted by Crippen LogP contribution is -2.24. The highest BCUT2D eigenvalue weighted by atomic mass is 14.9. The smallest absolute Gasteiger partial charge is 0.0890 e. The van der Waals surface area contributed by atoms with Gasteiger partial charge in [0.05, 0.1) is 17.1 Å². The van der Waals surface area contributed by atoms with E-state index >= 15 is 0 Å². The Morgan fingerprint density at radius 1 is 1.06 bits per heavy atom. The third-order valence-electron chi connectivity index (χ3n) is 2.86. The summed E-state index contributed by atoms with van der Waals surface area (Å²) in [5, 5.41) is 3.34. The molecule has 2 aromatic heterocycles. The lowest BCUT2D eigenvalue weighted by molar-refractivity contribution is 0.628. The van der Waals surface area contributed by atoms with Gasteiger partial charge in [0, 0.05) is 12.7 Å². The first kappa shape index (κ1) is 9.48. The van der Waals surface area contributed by atoms with E-state index in [4.69, 9.17) is 0 Å². The molecule has 0 saturated heterocycles. The monoisotopic (exact) mass is 211 g/mol. The average Bonchev–Trinajstić information content (AvgIpc) is 2.39. The second-order valence-electron chi connectivity index (χ2n) is 3.94. The molecule has 0 aromatic carbocycles. The van der Waals surface area contributed by atoms with Crippen molar-refractivity contribution < 1.29 is 0 Å². The lowest BCUT2D eigenvalue weighted by Gasteiger charge is -2.16. The molecule has 0 saturated carbocycles. The molecule has 0 atom stereocenters. The molecule has 1 aliphatic heterocycles. The third-order valence-corrected chi connectivity index (χ3v) is 2.86. The van der Waals surface area contributed by atoms with Gasteiger partial charge < -0.3 is 5.32 Å². The lowest BCUT2D eigenvalue weighted by atomic mass is 10.1. The van der Waals surface area contributed by atoms with Crippen molar-refractivity contribution in [2.24, 2.45) is 0 Å². The van der Waals surface area contributed by atoms with Crippen molar-refractivity contribution in [3.63, 3.8) is 0 Å². The summed E-state index contributed by atoms with van der Waals surface area (Å²) in [5.74, 6) is 0. The van der Waals surface area contributed by atoms with Gasteiger partial charge in [0.1, 0.15) is 0 Å². The molecule has 3 heteroatoms. The normalized spacial score (nSPS) is 14.5. The molecule has 0 radical (unpaired) electrons. The molecular weight excluding hydrogens is 198 g/mol. The molecule has 0 aliphatic carbocycles. The van der Waals surface area contributed by atoms with Crippen molar-refractivity contribution in [2.45, 2.75) is 13.0 Å². The summed E-state index contributed by atoms with van der Waals surface area (Å²) in [6.07, 6.45) is 2.87. The van der Waals surface area contributed by atoms with Gasteiger partial charge in [0.15, 0.2) is 0 Å². The first-order valence-corrected chi connectivity index (χ1v) is 5.54. The van der Waals surface area contributed by atoms with Crippen molar-refractivity contribution in [3.8, 4) is 11.4 Å². The molecule has 16 heavy (non-hydrogen) atoms. The minimum absolute atomic E-state index is 0.871. The van der Waals surface area contributed by atoms with Gasteiger partial charge in [-0.25, -0.2) is 4.98 Å². The maximum atomic E-state index is 4.66. The number of nitrogens with zero attached hydrogens (tertiary/aromatic N) is 2. The van der Waals surface area contributed by atoms with E-state index in [0.29, 0.717) is 0 Å². The maximum absolute atomic E-state index is 4.66. The van der Waals surface area contributed by atoms with Crippen LogP contribution in [0.4, 0.5) is 0 Å². The topological polar surface area (TPSA) is 37.8 Å². The van der Waals surface area contributed by atoms with Crippen molar-refractivity contribution >= 4 is 0 Å². The Morgan fingerprint density at radius 3 is 2.94 bits per heavy atom. The minimum Gasteiger partial charge on any atom is -0.311 e. The van der Waals surface area contributed by atoms with Gasteiger partial charge in [0.2, 0.25) is 0 Å². The summed E-state index contributed by atoms with van der Waals surface area (Å²) in [4.78, 5) is 8.97. The number of hydrogen-bond donors (Lipinski definition) is 1. The fourth-order valence-corrected chi connectivity index (χ4v) is 2.00. The highest BCUT2D eigenvalue weighted by Gasteiger charge is 2.11. The van der Waals surface area contributed by atoms with E-state index in [2.05, 4.69) is 27.4 Å². The van der Waals surface area contributed by atoms with Crippen LogP contribution in [0.2, 0.25) is 0 Å². The van der Waals surface area contributed by atoms with Crippen LogP contribution in [0.15, 0.2) is 36.5 Å². The summed E-state index contributed by atoms with van der Waals surface area (Å²) in [7, 11) is 0. The molecule has 0 amide bonds. The molecule has 3 heterocycles. The molecule has 3 rings (SSSR count). The predicted octanol–water partition coefficient (Wildman–Crippen LogP) is 1.79. The quantitative estimate of drug-likeness (QED) is 0.781. The zero-order valence-corrected chi connectivity index (χ0v) is 8.98. The van der Waals surface area contributed by atoms with Crippen molar-refractivity contribution in [1.29, 1.82) is 0 Å². The van der Waals surface area contributed by atoms with Crippen LogP contribution in [0.5, 0.6) is 0 Å². The summed E-state index contributed by atoms with van der Waals surface area (Å²) in [6.45, 7) is 1.92. The molecule has 80 valence electrons. The van der Waals surface area contributed by atoms with Crippen LogP contribution in [0.3, 0.4) is 0 Å². The zero-order chi connectivity index (χ0) is 10.8. The Hall–Kier alpha value is -1.74. The van der Waals surface area contributed by atoms with E-state index in [-0.39, 0.29) is 0 Å². The van der Waals surface area contributed by atoms with Gasteiger partial charge in [-0.05, 0) is 36.7 Å².